The van der Waals surface area contributed by atoms with Gasteiger partial charge in [0.2, 0.25) is 0 Å². The Morgan fingerprint density at radius 3 is 2.47 bits per heavy atom. The molecule has 4 aromatic rings. The summed E-state index contributed by atoms with van der Waals surface area (Å²) < 4.78 is 20.8. The van der Waals surface area contributed by atoms with Crippen molar-refractivity contribution in [3.8, 4) is 22.7 Å². The SMILES string of the molecule is CC[C@H](Nc1nnc(-c2ccc(-n3cnc(C)c3)c(OC)c2)cc1C)c1ccc(F)cc1. The number of nitrogens with one attached hydrogen (secondary N) is 1. The van der Waals surface area contributed by atoms with Crippen LogP contribution in [0.1, 0.15) is 36.2 Å². The van der Waals surface area contributed by atoms with Crippen molar-refractivity contribution < 1.29 is 9.13 Å². The van der Waals surface area contributed by atoms with Crippen LogP contribution in [0.25, 0.3) is 16.9 Å². The molecule has 1 N–H and O–H groups in total. The quantitative estimate of drug-likeness (QED) is 0.409. The lowest BCUT2D eigenvalue weighted by atomic mass is 10.0. The molecule has 2 heterocycles. The van der Waals surface area contributed by atoms with Crippen molar-refractivity contribution in [2.45, 2.75) is 33.2 Å². The highest BCUT2D eigenvalue weighted by atomic mass is 19.1. The molecular weight excluding hydrogens is 405 g/mol. The van der Waals surface area contributed by atoms with E-state index in [1.165, 1.54) is 12.1 Å². The largest absolute Gasteiger partial charge is 0.495 e. The summed E-state index contributed by atoms with van der Waals surface area (Å²) in [5.74, 6) is 1.19. The lowest BCUT2D eigenvalue weighted by Gasteiger charge is -2.19. The van der Waals surface area contributed by atoms with Crippen LogP contribution in [0.5, 0.6) is 5.75 Å². The Morgan fingerprint density at radius 2 is 1.84 bits per heavy atom. The number of aryl methyl sites for hydroxylation is 2. The van der Waals surface area contributed by atoms with Gasteiger partial charge in [0.15, 0.2) is 5.82 Å². The molecule has 0 saturated carbocycles. The zero-order chi connectivity index (χ0) is 22.7. The second kappa shape index (κ2) is 9.18. The number of methoxy groups -OCH3 is 1. The standard InChI is InChI=1S/C25H26FN5O/c1-5-21(18-6-9-20(26)10-7-18)28-25-16(2)12-22(29-30-25)19-8-11-23(24(13-19)32-4)31-14-17(3)27-15-31/h6-15,21H,5H2,1-4H3,(H,28,30)/t21-/m0/s1. The van der Waals surface area contributed by atoms with Gasteiger partial charge in [0, 0.05) is 11.8 Å². The average molecular weight is 432 g/mol. The maximum Gasteiger partial charge on any atom is 0.152 e. The molecule has 0 saturated heterocycles. The molecule has 0 bridgehead atoms. The van der Waals surface area contributed by atoms with Crippen LogP contribution in [0.2, 0.25) is 0 Å². The van der Waals surface area contributed by atoms with Crippen molar-refractivity contribution in [3.05, 3.63) is 83.7 Å². The summed E-state index contributed by atoms with van der Waals surface area (Å²) in [6.07, 6.45) is 4.55. The van der Waals surface area contributed by atoms with Gasteiger partial charge >= 0.3 is 0 Å². The molecule has 0 radical (unpaired) electrons. The molecule has 0 unspecified atom stereocenters. The van der Waals surface area contributed by atoms with Crippen LogP contribution >= 0.6 is 0 Å². The number of ether oxygens (including phenoxy) is 1. The Kier molecular flexibility index (Phi) is 6.16. The highest BCUT2D eigenvalue weighted by Crippen LogP contribution is 2.30. The lowest BCUT2D eigenvalue weighted by Crippen LogP contribution is -2.12. The molecule has 32 heavy (non-hydrogen) atoms. The molecule has 2 aromatic heterocycles. The van der Waals surface area contributed by atoms with Gasteiger partial charge < -0.3 is 14.6 Å². The van der Waals surface area contributed by atoms with E-state index >= 15 is 0 Å². The van der Waals surface area contributed by atoms with Crippen LogP contribution in [0.15, 0.2) is 61.1 Å². The van der Waals surface area contributed by atoms with Gasteiger partial charge in [-0.05, 0) is 61.7 Å². The number of nitrogens with zero attached hydrogens (tertiary/aromatic N) is 4. The van der Waals surface area contributed by atoms with Crippen molar-refractivity contribution >= 4 is 5.82 Å². The molecule has 0 amide bonds. The molecule has 7 heteroatoms. The van der Waals surface area contributed by atoms with Gasteiger partial charge in [-0.3, -0.25) is 0 Å². The number of aromatic nitrogens is 4. The van der Waals surface area contributed by atoms with Crippen LogP contribution in [0.4, 0.5) is 10.2 Å². The minimum atomic E-state index is -0.242. The Bertz CT molecular complexity index is 1220. The van der Waals surface area contributed by atoms with Crippen molar-refractivity contribution in [2.75, 3.05) is 12.4 Å². The van der Waals surface area contributed by atoms with Gasteiger partial charge in [-0.15, -0.1) is 10.2 Å². The summed E-state index contributed by atoms with van der Waals surface area (Å²) in [5, 5.41) is 12.3. The predicted molar refractivity (Wildman–Crippen MR) is 124 cm³/mol. The van der Waals surface area contributed by atoms with Gasteiger partial charge in [-0.25, -0.2) is 9.37 Å². The fourth-order valence-electron chi connectivity index (χ4n) is 3.65. The number of anilines is 1. The number of benzene rings is 2. The van der Waals surface area contributed by atoms with E-state index in [1.807, 2.05) is 48.9 Å². The van der Waals surface area contributed by atoms with E-state index in [0.29, 0.717) is 5.82 Å². The monoisotopic (exact) mass is 431 g/mol. The van der Waals surface area contributed by atoms with Gasteiger partial charge in [0.05, 0.1) is 36.6 Å². The average Bonchev–Trinajstić information content (AvgIpc) is 3.24. The second-order valence-electron chi connectivity index (χ2n) is 7.73. The Hall–Kier alpha value is -3.74. The normalized spacial score (nSPS) is 11.9. The van der Waals surface area contributed by atoms with E-state index in [0.717, 1.165) is 45.9 Å². The molecule has 0 aliphatic carbocycles. The van der Waals surface area contributed by atoms with E-state index in [4.69, 9.17) is 4.74 Å². The summed E-state index contributed by atoms with van der Waals surface area (Å²) >= 11 is 0. The number of hydrogen-bond acceptors (Lipinski definition) is 5. The molecule has 4 rings (SSSR count). The molecule has 1 atom stereocenters. The summed E-state index contributed by atoms with van der Waals surface area (Å²) in [6.45, 7) is 6.02. The molecule has 0 fully saturated rings. The number of rotatable bonds is 7. The minimum Gasteiger partial charge on any atom is -0.495 e. The smallest absolute Gasteiger partial charge is 0.152 e. The zero-order valence-corrected chi connectivity index (χ0v) is 18.6. The van der Waals surface area contributed by atoms with E-state index < -0.39 is 0 Å². The molecule has 2 aromatic carbocycles. The molecule has 0 aliphatic heterocycles. The lowest BCUT2D eigenvalue weighted by molar-refractivity contribution is 0.413. The maximum atomic E-state index is 13.3. The molecule has 164 valence electrons. The third-order valence-corrected chi connectivity index (χ3v) is 5.44. The minimum absolute atomic E-state index is 0.0208. The number of halogens is 1. The summed E-state index contributed by atoms with van der Waals surface area (Å²) in [4.78, 5) is 4.29. The summed E-state index contributed by atoms with van der Waals surface area (Å²) in [5.41, 5.74) is 5.50. The van der Waals surface area contributed by atoms with E-state index in [-0.39, 0.29) is 11.9 Å². The van der Waals surface area contributed by atoms with Crippen LogP contribution in [-0.4, -0.2) is 26.9 Å². The van der Waals surface area contributed by atoms with Crippen molar-refractivity contribution in [1.29, 1.82) is 0 Å². The maximum absolute atomic E-state index is 13.3. The third-order valence-electron chi connectivity index (χ3n) is 5.44. The van der Waals surface area contributed by atoms with Gasteiger partial charge in [-0.2, -0.15) is 0 Å². The van der Waals surface area contributed by atoms with Crippen molar-refractivity contribution in [2.24, 2.45) is 0 Å². The number of hydrogen-bond donors (Lipinski definition) is 1. The van der Waals surface area contributed by atoms with Crippen LogP contribution in [0.3, 0.4) is 0 Å². The molecular formula is C25H26FN5O. The Morgan fingerprint density at radius 1 is 1.06 bits per heavy atom. The van der Waals surface area contributed by atoms with Crippen LogP contribution in [-0.2, 0) is 0 Å². The van der Waals surface area contributed by atoms with Crippen LogP contribution in [0, 0.1) is 19.7 Å². The van der Waals surface area contributed by atoms with Crippen LogP contribution < -0.4 is 10.1 Å². The van der Waals surface area contributed by atoms with Gasteiger partial charge in [-0.1, -0.05) is 25.1 Å². The van der Waals surface area contributed by atoms with Gasteiger partial charge in [0.1, 0.15) is 11.6 Å². The Labute approximate surface area is 187 Å². The second-order valence-corrected chi connectivity index (χ2v) is 7.73. The first-order chi connectivity index (χ1) is 15.5. The topological polar surface area (TPSA) is 64.9 Å². The van der Waals surface area contributed by atoms with Crippen molar-refractivity contribution in [3.63, 3.8) is 0 Å². The third kappa shape index (κ3) is 4.46. The van der Waals surface area contributed by atoms with Crippen molar-refractivity contribution in [1.82, 2.24) is 19.7 Å². The highest BCUT2D eigenvalue weighted by molar-refractivity contribution is 5.67. The van der Waals surface area contributed by atoms with E-state index in [1.54, 1.807) is 25.6 Å². The summed E-state index contributed by atoms with van der Waals surface area (Å²) in [6, 6.07) is 14.5. The first kappa shape index (κ1) is 21.5. The first-order valence-corrected chi connectivity index (χ1v) is 10.5. The Balaban J connectivity index is 1.59. The number of imidazole rings is 1. The first-order valence-electron chi connectivity index (χ1n) is 10.5. The molecule has 0 spiro atoms. The highest BCUT2D eigenvalue weighted by Gasteiger charge is 2.14. The fourth-order valence-corrected chi connectivity index (χ4v) is 3.65. The fraction of sp³-hybridized carbons (Fsp3) is 0.240. The van der Waals surface area contributed by atoms with E-state index in [9.17, 15) is 4.39 Å². The zero-order valence-electron chi connectivity index (χ0n) is 18.6. The molecule has 6 nitrogen and oxygen atoms in total. The van der Waals surface area contributed by atoms with E-state index in [2.05, 4.69) is 27.4 Å². The van der Waals surface area contributed by atoms with Gasteiger partial charge in [0.25, 0.3) is 0 Å². The predicted octanol–water partition coefficient (Wildman–Crippen LogP) is 5.66. The summed E-state index contributed by atoms with van der Waals surface area (Å²) in [7, 11) is 1.65. The molecule has 0 aliphatic rings.